The van der Waals surface area contributed by atoms with Gasteiger partial charge in [-0.05, 0) is 56.1 Å². The molecule has 1 saturated carbocycles. The van der Waals surface area contributed by atoms with E-state index >= 15 is 0 Å². The zero-order valence-corrected chi connectivity index (χ0v) is 16.7. The van der Waals surface area contributed by atoms with Crippen LogP contribution in [-0.4, -0.2) is 26.4 Å². The van der Waals surface area contributed by atoms with E-state index in [9.17, 15) is 12.8 Å². The van der Waals surface area contributed by atoms with Crippen LogP contribution in [0.2, 0.25) is 0 Å². The number of para-hydroxylation sites is 1. The number of anilines is 1. The Bertz CT molecular complexity index is 893. The summed E-state index contributed by atoms with van der Waals surface area (Å²) < 4.78 is 41.9. The highest BCUT2D eigenvalue weighted by atomic mass is 32.2. The second-order valence-corrected chi connectivity index (χ2v) is 9.03. The van der Waals surface area contributed by atoms with E-state index in [0.29, 0.717) is 23.8 Å². The van der Waals surface area contributed by atoms with E-state index < -0.39 is 15.8 Å². The van der Waals surface area contributed by atoms with Gasteiger partial charge in [-0.15, -0.1) is 0 Å². The highest BCUT2D eigenvalue weighted by Crippen LogP contribution is 2.27. The molecule has 1 aliphatic rings. The number of halogens is 1. The van der Waals surface area contributed by atoms with Crippen LogP contribution in [0.1, 0.15) is 43.2 Å². The molecule has 1 aliphatic carbocycles. The van der Waals surface area contributed by atoms with Crippen molar-refractivity contribution in [1.82, 2.24) is 4.90 Å². The normalized spacial score (nSPS) is 15.9. The van der Waals surface area contributed by atoms with Crippen molar-refractivity contribution in [2.75, 3.05) is 11.8 Å². The van der Waals surface area contributed by atoms with Gasteiger partial charge in [0.05, 0.1) is 10.6 Å². The summed E-state index contributed by atoms with van der Waals surface area (Å²) in [5, 5.41) is 0. The maximum absolute atomic E-state index is 13.6. The molecule has 0 spiro atoms. The number of sulfonamides is 1. The highest BCUT2D eigenvalue weighted by Gasteiger charge is 2.22. The van der Waals surface area contributed by atoms with Crippen molar-refractivity contribution in [3.63, 3.8) is 0 Å². The molecule has 0 heterocycles. The first-order valence-electron chi connectivity index (χ1n) is 9.44. The summed E-state index contributed by atoms with van der Waals surface area (Å²) in [5.74, 6) is -0.564. The smallest absolute Gasteiger partial charge is 0.262 e. The van der Waals surface area contributed by atoms with E-state index in [2.05, 4.69) is 16.7 Å². The fourth-order valence-corrected chi connectivity index (χ4v) is 5.10. The molecule has 3 rings (SSSR count). The van der Waals surface area contributed by atoms with Crippen molar-refractivity contribution >= 4 is 15.7 Å². The molecule has 146 valence electrons. The van der Waals surface area contributed by atoms with Crippen LogP contribution >= 0.6 is 0 Å². The first-order chi connectivity index (χ1) is 12.9. The minimum atomic E-state index is -3.86. The molecule has 0 aromatic heterocycles. The Kier molecular flexibility index (Phi) is 6.17. The van der Waals surface area contributed by atoms with E-state index in [1.54, 1.807) is 19.1 Å². The van der Waals surface area contributed by atoms with Crippen molar-refractivity contribution < 1.29 is 12.8 Å². The molecule has 0 amide bonds. The number of benzene rings is 2. The van der Waals surface area contributed by atoms with Gasteiger partial charge in [-0.1, -0.05) is 43.5 Å². The van der Waals surface area contributed by atoms with Crippen molar-refractivity contribution in [2.45, 2.75) is 56.5 Å². The summed E-state index contributed by atoms with van der Waals surface area (Å²) in [6, 6.07) is 11.8. The number of hydrogen-bond donors (Lipinski definition) is 1. The summed E-state index contributed by atoms with van der Waals surface area (Å²) in [7, 11) is -1.76. The van der Waals surface area contributed by atoms with Crippen molar-refractivity contribution in [3.05, 3.63) is 59.4 Å². The molecule has 0 atom stereocenters. The van der Waals surface area contributed by atoms with Crippen LogP contribution in [0.15, 0.2) is 47.4 Å². The van der Waals surface area contributed by atoms with Crippen molar-refractivity contribution in [2.24, 2.45) is 0 Å². The number of aryl methyl sites for hydroxylation is 1. The van der Waals surface area contributed by atoms with E-state index in [0.717, 1.165) is 11.6 Å². The predicted octanol–water partition coefficient (Wildman–Crippen LogP) is 4.70. The third kappa shape index (κ3) is 4.87. The van der Waals surface area contributed by atoms with Crippen LogP contribution in [0, 0.1) is 12.7 Å². The third-order valence-corrected chi connectivity index (χ3v) is 6.83. The molecule has 0 bridgehead atoms. The van der Waals surface area contributed by atoms with Gasteiger partial charge in [0.2, 0.25) is 0 Å². The van der Waals surface area contributed by atoms with Gasteiger partial charge in [-0.2, -0.15) is 0 Å². The number of nitrogens with zero attached hydrogens (tertiary/aromatic N) is 1. The maximum Gasteiger partial charge on any atom is 0.262 e. The molecule has 2 aromatic carbocycles. The highest BCUT2D eigenvalue weighted by molar-refractivity contribution is 7.92. The summed E-state index contributed by atoms with van der Waals surface area (Å²) >= 11 is 0. The van der Waals surface area contributed by atoms with Crippen LogP contribution in [0.5, 0.6) is 0 Å². The average Bonchev–Trinajstić information content (AvgIpc) is 2.65. The van der Waals surface area contributed by atoms with Crippen molar-refractivity contribution in [3.8, 4) is 0 Å². The van der Waals surface area contributed by atoms with Gasteiger partial charge in [0.25, 0.3) is 10.0 Å². The second-order valence-electron chi connectivity index (χ2n) is 7.38. The average molecular weight is 391 g/mol. The minimum Gasteiger partial charge on any atom is -0.299 e. The van der Waals surface area contributed by atoms with E-state index in [4.69, 9.17) is 0 Å². The molecule has 1 fully saturated rings. The molecule has 27 heavy (non-hydrogen) atoms. The number of rotatable bonds is 6. The zero-order valence-electron chi connectivity index (χ0n) is 15.9. The Morgan fingerprint density at radius 2 is 1.81 bits per heavy atom. The fraction of sp³-hybridized carbons (Fsp3) is 0.429. The molecular weight excluding hydrogens is 363 g/mol. The molecule has 1 N–H and O–H groups in total. The third-order valence-electron chi connectivity index (χ3n) is 5.32. The van der Waals surface area contributed by atoms with Gasteiger partial charge in [-0.3, -0.25) is 9.62 Å². The predicted molar refractivity (Wildman–Crippen MR) is 107 cm³/mol. The lowest BCUT2D eigenvalue weighted by atomic mass is 9.94. The molecule has 0 aliphatic heterocycles. The van der Waals surface area contributed by atoms with E-state index in [1.807, 2.05) is 12.1 Å². The van der Waals surface area contributed by atoms with E-state index in [-0.39, 0.29) is 4.90 Å². The van der Waals surface area contributed by atoms with Gasteiger partial charge in [0, 0.05) is 12.6 Å². The first kappa shape index (κ1) is 19.8. The van der Waals surface area contributed by atoms with Crippen LogP contribution in [0.25, 0.3) is 0 Å². The van der Waals surface area contributed by atoms with Gasteiger partial charge in [-0.25, -0.2) is 12.8 Å². The number of nitrogens with one attached hydrogen (secondary N) is 1. The molecule has 4 nitrogen and oxygen atoms in total. The van der Waals surface area contributed by atoms with Gasteiger partial charge in [0.1, 0.15) is 5.82 Å². The number of hydrogen-bond acceptors (Lipinski definition) is 3. The van der Waals surface area contributed by atoms with E-state index in [1.165, 1.54) is 44.2 Å². The Labute approximate surface area is 161 Å². The minimum absolute atomic E-state index is 0.0297. The Morgan fingerprint density at radius 1 is 1.11 bits per heavy atom. The molecular formula is C21H27FN2O2S. The van der Waals surface area contributed by atoms with Crippen LogP contribution < -0.4 is 4.72 Å². The van der Waals surface area contributed by atoms with Crippen LogP contribution in [0.4, 0.5) is 10.1 Å². The maximum atomic E-state index is 13.6. The van der Waals surface area contributed by atoms with Gasteiger partial charge in [0.15, 0.2) is 0 Å². The molecule has 0 unspecified atom stereocenters. The Balaban J connectivity index is 1.82. The Morgan fingerprint density at radius 3 is 2.56 bits per heavy atom. The monoisotopic (exact) mass is 390 g/mol. The fourth-order valence-electron chi connectivity index (χ4n) is 3.74. The summed E-state index contributed by atoms with van der Waals surface area (Å²) in [4.78, 5) is 2.28. The summed E-state index contributed by atoms with van der Waals surface area (Å²) in [6.07, 6.45) is 6.18. The Hall–Kier alpha value is -1.92. The quantitative estimate of drug-likeness (QED) is 0.778. The summed E-state index contributed by atoms with van der Waals surface area (Å²) in [6.45, 7) is 2.34. The van der Waals surface area contributed by atoms with Crippen LogP contribution in [-0.2, 0) is 16.6 Å². The second kappa shape index (κ2) is 8.40. The standard InChI is InChI=1S/C21H27FN2O2S/c1-16-12-13-18(22)14-21(16)27(25,26)23-20-11-7-6-8-17(20)15-24(2)19-9-4-3-5-10-19/h6-8,11-14,19,23H,3-5,9-10,15H2,1-2H3. The van der Waals surface area contributed by atoms with Gasteiger partial charge >= 0.3 is 0 Å². The zero-order chi connectivity index (χ0) is 19.4. The summed E-state index contributed by atoms with van der Waals surface area (Å²) in [5.41, 5.74) is 1.98. The molecule has 0 saturated heterocycles. The topological polar surface area (TPSA) is 49.4 Å². The molecule has 0 radical (unpaired) electrons. The first-order valence-corrected chi connectivity index (χ1v) is 10.9. The lowest BCUT2D eigenvalue weighted by molar-refractivity contribution is 0.185. The molecule has 6 heteroatoms. The van der Waals surface area contributed by atoms with Crippen LogP contribution in [0.3, 0.4) is 0 Å². The van der Waals surface area contributed by atoms with Gasteiger partial charge < -0.3 is 0 Å². The molecule has 2 aromatic rings. The lowest BCUT2D eigenvalue weighted by Gasteiger charge is -2.31. The SMILES string of the molecule is Cc1ccc(F)cc1S(=O)(=O)Nc1ccccc1CN(C)C1CCCCC1. The van der Waals surface area contributed by atoms with Crippen molar-refractivity contribution in [1.29, 1.82) is 0 Å². The largest absolute Gasteiger partial charge is 0.299 e. The lowest BCUT2D eigenvalue weighted by Crippen LogP contribution is -2.33.